The maximum atomic E-state index is 10.6. The van der Waals surface area contributed by atoms with Gasteiger partial charge in [0.1, 0.15) is 6.10 Å². The van der Waals surface area contributed by atoms with Crippen molar-refractivity contribution in [2.75, 3.05) is 0 Å². The molecule has 6 heteroatoms. The Balaban J connectivity index is 2.09. The van der Waals surface area contributed by atoms with Crippen LogP contribution in [0, 0.1) is 0 Å². The van der Waals surface area contributed by atoms with Crippen molar-refractivity contribution in [1.82, 2.24) is 4.98 Å². The van der Waals surface area contributed by atoms with Gasteiger partial charge in [-0.1, -0.05) is 0 Å². The molecule has 0 saturated carbocycles. The van der Waals surface area contributed by atoms with E-state index in [2.05, 4.69) is 20.9 Å². The van der Waals surface area contributed by atoms with Crippen molar-refractivity contribution in [2.45, 2.75) is 25.4 Å². The van der Waals surface area contributed by atoms with Gasteiger partial charge in [-0.25, -0.2) is 9.78 Å². The summed E-state index contributed by atoms with van der Waals surface area (Å²) in [7, 11) is 0. The third kappa shape index (κ3) is 2.06. The zero-order chi connectivity index (χ0) is 10.1. The molecule has 1 atom stereocenters. The second kappa shape index (κ2) is 3.86. The smallest absolute Gasteiger partial charge is 0.404 e. The number of nitrogens with zero attached hydrogens (tertiary/aromatic N) is 1. The minimum atomic E-state index is -0.693. The van der Waals surface area contributed by atoms with Gasteiger partial charge < -0.3 is 10.5 Å². The Morgan fingerprint density at radius 3 is 3.21 bits per heavy atom. The topological polar surface area (TPSA) is 65.2 Å². The van der Waals surface area contributed by atoms with Crippen molar-refractivity contribution in [3.05, 3.63) is 14.5 Å². The number of aryl methyl sites for hydroxylation is 1. The number of amides is 1. The Kier molecular flexibility index (Phi) is 2.73. The van der Waals surface area contributed by atoms with Crippen LogP contribution in [0.25, 0.3) is 0 Å². The SMILES string of the molecule is NC(=O)OC1CCc2nc(Br)sc2C1. The highest BCUT2D eigenvalue weighted by Gasteiger charge is 2.24. The van der Waals surface area contributed by atoms with Gasteiger partial charge in [0, 0.05) is 11.3 Å². The van der Waals surface area contributed by atoms with Crippen LogP contribution in [0.3, 0.4) is 0 Å². The Labute approximate surface area is 93.6 Å². The number of carbonyl (C=O) groups excluding carboxylic acids is 1. The molecule has 0 radical (unpaired) electrons. The van der Waals surface area contributed by atoms with Crippen LogP contribution in [0.5, 0.6) is 0 Å². The lowest BCUT2D eigenvalue weighted by atomic mass is 10.0. The summed E-state index contributed by atoms with van der Waals surface area (Å²) in [5.41, 5.74) is 6.08. The number of nitrogens with two attached hydrogens (primary N) is 1. The number of primary amides is 1. The molecule has 1 unspecified atom stereocenters. The summed E-state index contributed by atoms with van der Waals surface area (Å²) in [6.07, 6.45) is 1.64. The second-order valence-electron chi connectivity index (χ2n) is 3.14. The van der Waals surface area contributed by atoms with Crippen LogP contribution in [0.1, 0.15) is 17.0 Å². The van der Waals surface area contributed by atoms with Crippen molar-refractivity contribution >= 4 is 33.4 Å². The molecular formula is C8H9BrN2O2S. The van der Waals surface area contributed by atoms with Gasteiger partial charge in [-0.3, -0.25) is 0 Å². The molecule has 0 spiro atoms. The predicted octanol–water partition coefficient (Wildman–Crippen LogP) is 1.86. The average molecular weight is 277 g/mol. The number of aromatic nitrogens is 1. The molecule has 0 fully saturated rings. The number of rotatable bonds is 1. The van der Waals surface area contributed by atoms with Crippen molar-refractivity contribution in [2.24, 2.45) is 5.73 Å². The Bertz CT molecular complexity index is 366. The molecule has 1 aliphatic rings. The third-order valence-corrected chi connectivity index (χ3v) is 3.72. The zero-order valence-corrected chi connectivity index (χ0v) is 9.73. The van der Waals surface area contributed by atoms with E-state index in [0.717, 1.165) is 28.9 Å². The fraction of sp³-hybridized carbons (Fsp3) is 0.500. The summed E-state index contributed by atoms with van der Waals surface area (Å²) in [5, 5.41) is 0. The van der Waals surface area contributed by atoms with E-state index in [0.29, 0.717) is 0 Å². The van der Waals surface area contributed by atoms with Crippen LogP contribution < -0.4 is 5.73 Å². The highest BCUT2D eigenvalue weighted by Crippen LogP contribution is 2.30. The van der Waals surface area contributed by atoms with E-state index in [-0.39, 0.29) is 6.10 Å². The predicted molar refractivity (Wildman–Crippen MR) is 56.3 cm³/mol. The summed E-state index contributed by atoms with van der Waals surface area (Å²) in [6.45, 7) is 0. The van der Waals surface area contributed by atoms with E-state index in [9.17, 15) is 4.79 Å². The monoisotopic (exact) mass is 276 g/mol. The number of thiazole rings is 1. The van der Waals surface area contributed by atoms with Gasteiger partial charge in [0.25, 0.3) is 0 Å². The largest absolute Gasteiger partial charge is 0.446 e. The van der Waals surface area contributed by atoms with Crippen LogP contribution in [0.15, 0.2) is 3.92 Å². The summed E-state index contributed by atoms with van der Waals surface area (Å²) in [4.78, 5) is 16.1. The van der Waals surface area contributed by atoms with Crippen molar-refractivity contribution in [1.29, 1.82) is 0 Å². The van der Waals surface area contributed by atoms with Crippen molar-refractivity contribution < 1.29 is 9.53 Å². The first-order chi connectivity index (χ1) is 6.65. The Morgan fingerprint density at radius 2 is 2.50 bits per heavy atom. The molecule has 0 aliphatic heterocycles. The van der Waals surface area contributed by atoms with E-state index in [1.165, 1.54) is 4.88 Å². The van der Waals surface area contributed by atoms with E-state index in [4.69, 9.17) is 10.5 Å². The molecule has 14 heavy (non-hydrogen) atoms. The number of halogens is 1. The van der Waals surface area contributed by atoms with E-state index in [1.54, 1.807) is 11.3 Å². The molecule has 1 aromatic rings. The van der Waals surface area contributed by atoms with E-state index in [1.807, 2.05) is 0 Å². The van der Waals surface area contributed by atoms with Crippen LogP contribution in [0.4, 0.5) is 4.79 Å². The van der Waals surface area contributed by atoms with E-state index < -0.39 is 6.09 Å². The molecule has 1 aromatic heterocycles. The highest BCUT2D eigenvalue weighted by molar-refractivity contribution is 9.11. The molecule has 0 aromatic carbocycles. The summed E-state index contributed by atoms with van der Waals surface area (Å²) in [5.74, 6) is 0. The van der Waals surface area contributed by atoms with E-state index >= 15 is 0 Å². The lowest BCUT2D eigenvalue weighted by Crippen LogP contribution is -2.27. The molecule has 0 bridgehead atoms. The maximum Gasteiger partial charge on any atom is 0.404 e. The molecule has 1 amide bonds. The first kappa shape index (κ1) is 9.92. The van der Waals surface area contributed by atoms with Gasteiger partial charge in [-0.15, -0.1) is 11.3 Å². The van der Waals surface area contributed by atoms with Crippen LogP contribution >= 0.6 is 27.3 Å². The van der Waals surface area contributed by atoms with Gasteiger partial charge in [0.05, 0.1) is 5.69 Å². The number of ether oxygens (including phenoxy) is 1. The average Bonchev–Trinajstić information content (AvgIpc) is 2.42. The van der Waals surface area contributed by atoms with Crippen LogP contribution in [-0.2, 0) is 17.6 Å². The molecule has 76 valence electrons. The first-order valence-electron chi connectivity index (χ1n) is 4.25. The Hall–Kier alpha value is -0.620. The van der Waals surface area contributed by atoms with Gasteiger partial charge in [-0.05, 0) is 28.8 Å². The van der Waals surface area contributed by atoms with Gasteiger partial charge >= 0.3 is 6.09 Å². The highest BCUT2D eigenvalue weighted by atomic mass is 79.9. The fourth-order valence-electron chi connectivity index (χ4n) is 1.58. The number of hydrogen-bond acceptors (Lipinski definition) is 4. The minimum Gasteiger partial charge on any atom is -0.446 e. The van der Waals surface area contributed by atoms with Crippen LogP contribution in [0.2, 0.25) is 0 Å². The zero-order valence-electron chi connectivity index (χ0n) is 7.33. The molecule has 2 rings (SSSR count). The van der Waals surface area contributed by atoms with Crippen LogP contribution in [-0.4, -0.2) is 17.2 Å². The molecule has 2 N–H and O–H groups in total. The van der Waals surface area contributed by atoms with Gasteiger partial charge in [-0.2, -0.15) is 0 Å². The van der Waals surface area contributed by atoms with Crippen molar-refractivity contribution in [3.8, 4) is 0 Å². The molecule has 1 heterocycles. The maximum absolute atomic E-state index is 10.6. The molecular weight excluding hydrogens is 268 g/mol. The van der Waals surface area contributed by atoms with Gasteiger partial charge in [0.2, 0.25) is 0 Å². The second-order valence-corrected chi connectivity index (χ2v) is 5.50. The van der Waals surface area contributed by atoms with Gasteiger partial charge in [0.15, 0.2) is 3.92 Å². The molecule has 4 nitrogen and oxygen atoms in total. The number of hydrogen-bond donors (Lipinski definition) is 1. The Morgan fingerprint density at radius 1 is 1.71 bits per heavy atom. The quantitative estimate of drug-likeness (QED) is 0.852. The fourth-order valence-corrected chi connectivity index (χ4v) is 3.27. The molecule has 1 aliphatic carbocycles. The third-order valence-electron chi connectivity index (χ3n) is 2.15. The molecule has 0 saturated heterocycles. The number of carbonyl (C=O) groups is 1. The number of fused-ring (bicyclic) bond motifs is 1. The first-order valence-corrected chi connectivity index (χ1v) is 5.86. The standard InChI is InChI=1S/C8H9BrN2O2S/c9-7-11-5-2-1-4(13-8(10)12)3-6(5)14-7/h4H,1-3H2,(H2,10,12). The lowest BCUT2D eigenvalue weighted by Gasteiger charge is -2.20. The minimum absolute atomic E-state index is 0.0765. The normalized spacial score (nSPS) is 20.2. The summed E-state index contributed by atoms with van der Waals surface area (Å²) < 4.78 is 5.85. The lowest BCUT2D eigenvalue weighted by molar-refractivity contribution is 0.0983. The van der Waals surface area contributed by atoms with Crippen molar-refractivity contribution in [3.63, 3.8) is 0 Å². The summed E-state index contributed by atoms with van der Waals surface area (Å²) in [6, 6.07) is 0. The summed E-state index contributed by atoms with van der Waals surface area (Å²) >= 11 is 4.93.